The highest BCUT2D eigenvalue weighted by Crippen LogP contribution is 2.09. The zero-order chi connectivity index (χ0) is 15.2. The van der Waals surface area contributed by atoms with E-state index in [-0.39, 0.29) is 18.6 Å². The Labute approximate surface area is 124 Å². The maximum Gasteiger partial charge on any atom is 0.220 e. The average Bonchev–Trinajstić information content (AvgIpc) is 2.40. The molecule has 2 N–H and O–H groups in total. The van der Waals surface area contributed by atoms with Crippen molar-refractivity contribution in [3.8, 4) is 0 Å². The Bertz CT molecular complexity index is 251. The van der Waals surface area contributed by atoms with Crippen LogP contribution in [0.25, 0.3) is 0 Å². The lowest BCUT2D eigenvalue weighted by Gasteiger charge is -2.18. The van der Waals surface area contributed by atoms with E-state index in [1.165, 1.54) is 25.7 Å². The Morgan fingerprint density at radius 2 is 1.75 bits per heavy atom. The Hall–Kier alpha value is -0.830. The molecule has 0 aromatic heterocycles. The minimum atomic E-state index is -0.0820. The first kappa shape index (κ1) is 19.2. The number of carbonyl (C=O) groups excluding carboxylic acids is 1. The number of rotatable bonds is 13. The maximum absolute atomic E-state index is 11.7. The van der Waals surface area contributed by atoms with E-state index in [0.29, 0.717) is 12.3 Å². The van der Waals surface area contributed by atoms with E-state index in [2.05, 4.69) is 25.7 Å². The normalized spacial score (nSPS) is 12.4. The number of carbonyl (C=O) groups is 1. The smallest absolute Gasteiger partial charge is 0.220 e. The van der Waals surface area contributed by atoms with Crippen LogP contribution in [0.2, 0.25) is 0 Å². The van der Waals surface area contributed by atoms with Crippen LogP contribution in [-0.2, 0) is 4.79 Å². The summed E-state index contributed by atoms with van der Waals surface area (Å²) in [4.78, 5) is 11.7. The molecule has 0 unspecified atom stereocenters. The van der Waals surface area contributed by atoms with Gasteiger partial charge < -0.3 is 10.4 Å². The van der Waals surface area contributed by atoms with Crippen LogP contribution in [0.4, 0.5) is 0 Å². The van der Waals surface area contributed by atoms with Crippen LogP contribution in [0.1, 0.15) is 71.6 Å². The van der Waals surface area contributed by atoms with Gasteiger partial charge in [0.15, 0.2) is 0 Å². The topological polar surface area (TPSA) is 49.3 Å². The van der Waals surface area contributed by atoms with E-state index in [0.717, 1.165) is 25.7 Å². The molecule has 0 fully saturated rings. The number of aliphatic hydroxyl groups is 1. The fourth-order valence-electron chi connectivity index (χ4n) is 2.33. The van der Waals surface area contributed by atoms with E-state index in [1.54, 1.807) is 0 Å². The monoisotopic (exact) mass is 283 g/mol. The SMILES string of the molecule is C=CCCCCCCCCC(=O)N[C@H](CO)CC(C)C. The van der Waals surface area contributed by atoms with Crippen molar-refractivity contribution in [1.82, 2.24) is 5.32 Å². The Balaban J connectivity index is 3.50. The van der Waals surface area contributed by atoms with Crippen LogP contribution in [-0.4, -0.2) is 23.7 Å². The molecule has 0 aromatic carbocycles. The molecular weight excluding hydrogens is 250 g/mol. The Kier molecular flexibility index (Phi) is 12.6. The third-order valence-corrected chi connectivity index (χ3v) is 3.40. The maximum atomic E-state index is 11.7. The third kappa shape index (κ3) is 12.2. The summed E-state index contributed by atoms with van der Waals surface area (Å²) in [5.74, 6) is 0.569. The van der Waals surface area contributed by atoms with E-state index in [4.69, 9.17) is 0 Å². The number of hydrogen-bond acceptors (Lipinski definition) is 2. The summed E-state index contributed by atoms with van der Waals surface area (Å²) in [6, 6.07) is -0.0820. The molecule has 0 heterocycles. The molecule has 3 nitrogen and oxygen atoms in total. The van der Waals surface area contributed by atoms with E-state index in [9.17, 15) is 9.90 Å². The second-order valence-electron chi connectivity index (χ2n) is 6.03. The molecule has 1 amide bonds. The minimum absolute atomic E-state index is 0.0349. The van der Waals surface area contributed by atoms with Crippen LogP contribution in [0.15, 0.2) is 12.7 Å². The molecule has 0 saturated carbocycles. The first-order valence-electron chi connectivity index (χ1n) is 8.11. The van der Waals surface area contributed by atoms with Crippen LogP contribution < -0.4 is 5.32 Å². The highest BCUT2D eigenvalue weighted by molar-refractivity contribution is 5.76. The number of amides is 1. The van der Waals surface area contributed by atoms with E-state index >= 15 is 0 Å². The van der Waals surface area contributed by atoms with Gasteiger partial charge >= 0.3 is 0 Å². The first-order chi connectivity index (χ1) is 9.60. The molecule has 0 spiro atoms. The largest absolute Gasteiger partial charge is 0.394 e. The molecule has 0 aliphatic carbocycles. The summed E-state index contributed by atoms with van der Waals surface area (Å²) in [5.41, 5.74) is 0. The van der Waals surface area contributed by atoms with Crippen molar-refractivity contribution in [3.63, 3.8) is 0 Å². The number of unbranched alkanes of at least 4 members (excludes halogenated alkanes) is 6. The zero-order valence-electron chi connectivity index (χ0n) is 13.4. The van der Waals surface area contributed by atoms with Gasteiger partial charge in [-0.05, 0) is 31.6 Å². The van der Waals surface area contributed by atoms with Crippen molar-refractivity contribution in [2.75, 3.05) is 6.61 Å². The van der Waals surface area contributed by atoms with Gasteiger partial charge in [-0.1, -0.05) is 45.6 Å². The quantitative estimate of drug-likeness (QED) is 0.399. The first-order valence-corrected chi connectivity index (χ1v) is 8.11. The fraction of sp³-hybridized carbons (Fsp3) is 0.824. The van der Waals surface area contributed by atoms with Gasteiger partial charge in [0.25, 0.3) is 0 Å². The summed E-state index contributed by atoms with van der Waals surface area (Å²) in [6.07, 6.45) is 11.5. The van der Waals surface area contributed by atoms with Crippen molar-refractivity contribution < 1.29 is 9.90 Å². The number of hydrogen-bond donors (Lipinski definition) is 2. The van der Waals surface area contributed by atoms with E-state index < -0.39 is 0 Å². The van der Waals surface area contributed by atoms with Crippen molar-refractivity contribution >= 4 is 5.91 Å². The summed E-state index contributed by atoms with van der Waals surface area (Å²) in [5, 5.41) is 12.1. The zero-order valence-corrected chi connectivity index (χ0v) is 13.4. The van der Waals surface area contributed by atoms with Gasteiger partial charge in [0.1, 0.15) is 0 Å². The summed E-state index contributed by atoms with van der Waals surface area (Å²) < 4.78 is 0. The Morgan fingerprint density at radius 1 is 1.15 bits per heavy atom. The molecule has 0 bridgehead atoms. The number of nitrogens with one attached hydrogen (secondary N) is 1. The number of aliphatic hydroxyl groups excluding tert-OH is 1. The second kappa shape index (κ2) is 13.2. The van der Waals surface area contributed by atoms with Gasteiger partial charge in [0, 0.05) is 6.42 Å². The molecule has 118 valence electrons. The van der Waals surface area contributed by atoms with Crippen molar-refractivity contribution in [2.45, 2.75) is 77.7 Å². The highest BCUT2D eigenvalue weighted by atomic mass is 16.3. The predicted molar refractivity (Wildman–Crippen MR) is 85.6 cm³/mol. The van der Waals surface area contributed by atoms with Crippen LogP contribution >= 0.6 is 0 Å². The minimum Gasteiger partial charge on any atom is -0.394 e. The summed E-state index contributed by atoms with van der Waals surface area (Å²) in [6.45, 7) is 7.95. The molecule has 1 atom stereocenters. The molecule has 0 aliphatic heterocycles. The lowest BCUT2D eigenvalue weighted by molar-refractivity contribution is -0.122. The molecule has 0 saturated heterocycles. The van der Waals surface area contributed by atoms with Gasteiger partial charge in [0.2, 0.25) is 5.91 Å². The highest BCUT2D eigenvalue weighted by Gasteiger charge is 2.12. The standard InChI is InChI=1S/C17H33NO2/c1-4-5-6-7-8-9-10-11-12-17(20)18-16(14-19)13-15(2)3/h4,15-16,19H,1,5-14H2,2-3H3,(H,18,20)/t16-/m0/s1. The third-order valence-electron chi connectivity index (χ3n) is 3.40. The van der Waals surface area contributed by atoms with Crippen molar-refractivity contribution in [1.29, 1.82) is 0 Å². The van der Waals surface area contributed by atoms with Crippen LogP contribution in [0.5, 0.6) is 0 Å². The van der Waals surface area contributed by atoms with Gasteiger partial charge in [-0.25, -0.2) is 0 Å². The van der Waals surface area contributed by atoms with Crippen LogP contribution in [0, 0.1) is 5.92 Å². The fourth-order valence-corrected chi connectivity index (χ4v) is 2.33. The van der Waals surface area contributed by atoms with E-state index in [1.807, 2.05) is 6.08 Å². The second-order valence-corrected chi connectivity index (χ2v) is 6.03. The lowest BCUT2D eigenvalue weighted by Crippen LogP contribution is -2.38. The van der Waals surface area contributed by atoms with Crippen molar-refractivity contribution in [2.24, 2.45) is 5.92 Å². The molecule has 0 aliphatic rings. The molecule has 20 heavy (non-hydrogen) atoms. The molecule has 0 aromatic rings. The summed E-state index contributed by atoms with van der Waals surface area (Å²) >= 11 is 0. The van der Waals surface area contributed by atoms with Gasteiger partial charge in [0.05, 0.1) is 12.6 Å². The van der Waals surface area contributed by atoms with Crippen molar-refractivity contribution in [3.05, 3.63) is 12.7 Å². The molecular formula is C17H33NO2. The number of allylic oxidation sites excluding steroid dienone is 1. The van der Waals surface area contributed by atoms with Gasteiger partial charge in [-0.2, -0.15) is 0 Å². The van der Waals surface area contributed by atoms with Crippen LogP contribution in [0.3, 0.4) is 0 Å². The van der Waals surface area contributed by atoms with Gasteiger partial charge in [-0.15, -0.1) is 6.58 Å². The lowest BCUT2D eigenvalue weighted by atomic mass is 10.0. The Morgan fingerprint density at radius 3 is 2.30 bits per heavy atom. The van der Waals surface area contributed by atoms with Gasteiger partial charge in [-0.3, -0.25) is 4.79 Å². The predicted octanol–water partition coefficient (Wildman–Crippen LogP) is 3.82. The molecule has 0 rings (SSSR count). The molecule has 3 heteroatoms. The average molecular weight is 283 g/mol. The summed E-state index contributed by atoms with van der Waals surface area (Å²) in [7, 11) is 0. The molecule has 0 radical (unpaired) electrons.